The van der Waals surface area contributed by atoms with Crippen LogP contribution in [0, 0.1) is 5.92 Å². The molecule has 0 aliphatic carbocycles. The second kappa shape index (κ2) is 7.89. The van der Waals surface area contributed by atoms with E-state index in [4.69, 9.17) is 0 Å². The van der Waals surface area contributed by atoms with Crippen molar-refractivity contribution in [1.29, 1.82) is 0 Å². The van der Waals surface area contributed by atoms with E-state index in [1.165, 1.54) is 4.52 Å². The standard InChI is InChI=1S/C22H33N5O3/c1-8-14(4)23-17(28)12-26-18-9-16(22(5,6)7)24-27(18)20(29)15-11-25(10-13(2)3)21(30)19(15)26/h9,13-14H,8,10-12H2,1-7H3,(H,23,28)/t14-/m0/s1. The van der Waals surface area contributed by atoms with E-state index in [-0.39, 0.29) is 47.8 Å². The van der Waals surface area contributed by atoms with E-state index in [2.05, 4.69) is 10.4 Å². The maximum absolute atomic E-state index is 13.2. The van der Waals surface area contributed by atoms with Crippen LogP contribution in [-0.2, 0) is 23.3 Å². The Bertz CT molecular complexity index is 1040. The highest BCUT2D eigenvalue weighted by atomic mass is 16.2. The first-order valence-corrected chi connectivity index (χ1v) is 10.7. The number of nitrogens with zero attached hydrogens (tertiary/aromatic N) is 4. The van der Waals surface area contributed by atoms with Gasteiger partial charge in [-0.1, -0.05) is 41.5 Å². The molecule has 8 heteroatoms. The Morgan fingerprint density at radius 1 is 1.23 bits per heavy atom. The molecule has 0 fully saturated rings. The molecule has 0 bridgehead atoms. The quantitative estimate of drug-likeness (QED) is 0.784. The average Bonchev–Trinajstić information content (AvgIpc) is 3.21. The van der Waals surface area contributed by atoms with Gasteiger partial charge in [-0.2, -0.15) is 9.61 Å². The van der Waals surface area contributed by atoms with E-state index in [0.29, 0.717) is 23.4 Å². The molecule has 0 aromatic carbocycles. The molecule has 0 spiro atoms. The molecule has 3 heterocycles. The van der Waals surface area contributed by atoms with Gasteiger partial charge in [-0.15, -0.1) is 0 Å². The van der Waals surface area contributed by atoms with Crippen LogP contribution in [-0.4, -0.2) is 43.5 Å². The van der Waals surface area contributed by atoms with Crippen LogP contribution in [0.2, 0.25) is 0 Å². The van der Waals surface area contributed by atoms with Gasteiger partial charge in [0.2, 0.25) is 5.91 Å². The highest BCUT2D eigenvalue weighted by Gasteiger charge is 2.35. The van der Waals surface area contributed by atoms with E-state index < -0.39 is 0 Å². The summed E-state index contributed by atoms with van der Waals surface area (Å²) in [6.45, 7) is 14.8. The maximum atomic E-state index is 13.2. The van der Waals surface area contributed by atoms with Crippen molar-refractivity contribution in [3.63, 3.8) is 0 Å². The monoisotopic (exact) mass is 415 g/mol. The van der Waals surface area contributed by atoms with Crippen molar-refractivity contribution in [1.82, 2.24) is 24.4 Å². The van der Waals surface area contributed by atoms with Gasteiger partial charge in [0.05, 0.1) is 17.8 Å². The minimum Gasteiger partial charge on any atom is -0.352 e. The van der Waals surface area contributed by atoms with Crippen molar-refractivity contribution in [2.75, 3.05) is 6.54 Å². The first kappa shape index (κ1) is 22.1. The van der Waals surface area contributed by atoms with Crippen LogP contribution >= 0.6 is 0 Å². The van der Waals surface area contributed by atoms with Gasteiger partial charge >= 0.3 is 0 Å². The van der Waals surface area contributed by atoms with E-state index in [1.807, 2.05) is 54.5 Å². The fraction of sp³-hybridized carbons (Fsp3) is 0.636. The summed E-state index contributed by atoms with van der Waals surface area (Å²) in [7, 11) is 0. The predicted octanol–water partition coefficient (Wildman–Crippen LogP) is 2.32. The van der Waals surface area contributed by atoms with Gasteiger partial charge in [-0.05, 0) is 19.3 Å². The van der Waals surface area contributed by atoms with Crippen LogP contribution in [0.3, 0.4) is 0 Å². The fourth-order valence-corrected chi connectivity index (χ4v) is 3.70. The highest BCUT2D eigenvalue weighted by Crippen LogP contribution is 2.26. The zero-order valence-electron chi connectivity index (χ0n) is 19.1. The molecule has 1 atom stereocenters. The Labute approximate surface area is 177 Å². The molecule has 2 aromatic rings. The van der Waals surface area contributed by atoms with Crippen LogP contribution in [0.5, 0.6) is 0 Å². The van der Waals surface area contributed by atoms with E-state index in [9.17, 15) is 14.4 Å². The third kappa shape index (κ3) is 4.00. The summed E-state index contributed by atoms with van der Waals surface area (Å²) in [4.78, 5) is 40.8. The van der Waals surface area contributed by atoms with Crippen LogP contribution in [0.1, 0.15) is 76.6 Å². The van der Waals surface area contributed by atoms with Crippen molar-refractivity contribution in [2.24, 2.45) is 5.92 Å². The summed E-state index contributed by atoms with van der Waals surface area (Å²) in [5, 5.41) is 7.49. The maximum Gasteiger partial charge on any atom is 0.280 e. The molecule has 3 rings (SSSR count). The molecule has 0 unspecified atom stereocenters. The van der Waals surface area contributed by atoms with E-state index >= 15 is 0 Å². The zero-order chi connectivity index (χ0) is 22.4. The second-order valence-corrected chi connectivity index (χ2v) is 9.72. The largest absolute Gasteiger partial charge is 0.352 e. The Hall–Kier alpha value is -2.64. The van der Waals surface area contributed by atoms with Crippen molar-refractivity contribution in [2.45, 2.75) is 79.4 Å². The molecular weight excluding hydrogens is 382 g/mol. The number of aromatic nitrogens is 3. The van der Waals surface area contributed by atoms with E-state index in [0.717, 1.165) is 12.1 Å². The van der Waals surface area contributed by atoms with Gasteiger partial charge < -0.3 is 14.8 Å². The number of rotatable bonds is 6. The van der Waals surface area contributed by atoms with Gasteiger partial charge in [0, 0.05) is 24.1 Å². The molecule has 2 aromatic heterocycles. The summed E-state index contributed by atoms with van der Waals surface area (Å²) in [6, 6.07) is 1.85. The lowest BCUT2D eigenvalue weighted by Crippen LogP contribution is -2.37. The lowest BCUT2D eigenvalue weighted by molar-refractivity contribution is -0.122. The number of nitrogens with one attached hydrogen (secondary N) is 1. The molecular formula is C22H33N5O3. The minimum absolute atomic E-state index is 0.0316. The first-order chi connectivity index (χ1) is 13.9. The third-order valence-corrected chi connectivity index (χ3v) is 5.49. The molecule has 30 heavy (non-hydrogen) atoms. The molecule has 1 N–H and O–H groups in total. The summed E-state index contributed by atoms with van der Waals surface area (Å²) in [5.74, 6) is -0.115. The summed E-state index contributed by atoms with van der Waals surface area (Å²) < 4.78 is 3.02. The Morgan fingerprint density at radius 3 is 2.47 bits per heavy atom. The zero-order valence-corrected chi connectivity index (χ0v) is 19.1. The molecule has 164 valence electrons. The van der Waals surface area contributed by atoms with Crippen LogP contribution in [0.4, 0.5) is 0 Å². The Morgan fingerprint density at radius 2 is 1.90 bits per heavy atom. The van der Waals surface area contributed by atoms with Gasteiger partial charge in [0.15, 0.2) is 0 Å². The molecule has 0 saturated heterocycles. The number of carbonyl (C=O) groups excluding carboxylic acids is 2. The van der Waals surface area contributed by atoms with Crippen molar-refractivity contribution >= 4 is 17.5 Å². The molecule has 0 radical (unpaired) electrons. The lowest BCUT2D eigenvalue weighted by atomic mass is 9.93. The van der Waals surface area contributed by atoms with Gasteiger partial charge in [-0.3, -0.25) is 14.4 Å². The molecule has 2 amide bonds. The number of carbonyl (C=O) groups is 2. The number of hydrogen-bond donors (Lipinski definition) is 1. The molecule has 8 nitrogen and oxygen atoms in total. The highest BCUT2D eigenvalue weighted by molar-refractivity contribution is 5.97. The Kier molecular flexibility index (Phi) is 5.80. The SMILES string of the molecule is CC[C@H](C)NC(=O)Cn1c2c(c(=O)n3nc(C(C)(C)C)cc13)CN(CC(C)C)C2=O. The van der Waals surface area contributed by atoms with Crippen LogP contribution in [0.25, 0.3) is 5.65 Å². The lowest BCUT2D eigenvalue weighted by Gasteiger charge is -2.18. The van der Waals surface area contributed by atoms with Crippen molar-refractivity contribution in [3.05, 3.63) is 33.4 Å². The number of fused-ring (bicyclic) bond motifs is 2. The van der Waals surface area contributed by atoms with Crippen LogP contribution in [0.15, 0.2) is 10.9 Å². The van der Waals surface area contributed by atoms with Gasteiger partial charge in [0.25, 0.3) is 11.5 Å². The molecule has 1 aliphatic heterocycles. The minimum atomic E-state index is -0.284. The third-order valence-electron chi connectivity index (χ3n) is 5.49. The molecule has 1 aliphatic rings. The van der Waals surface area contributed by atoms with Crippen LogP contribution < -0.4 is 10.9 Å². The number of hydrogen-bond acceptors (Lipinski definition) is 4. The molecule has 0 saturated carbocycles. The van der Waals surface area contributed by atoms with Gasteiger partial charge in [-0.25, -0.2) is 0 Å². The van der Waals surface area contributed by atoms with E-state index in [1.54, 1.807) is 9.47 Å². The van der Waals surface area contributed by atoms with Crippen molar-refractivity contribution in [3.8, 4) is 0 Å². The average molecular weight is 416 g/mol. The van der Waals surface area contributed by atoms with Crippen molar-refractivity contribution < 1.29 is 9.59 Å². The number of amides is 2. The Balaban J connectivity index is 2.18. The topological polar surface area (TPSA) is 88.7 Å². The normalized spacial score (nSPS) is 15.2. The predicted molar refractivity (Wildman–Crippen MR) is 116 cm³/mol. The van der Waals surface area contributed by atoms with Gasteiger partial charge in [0.1, 0.15) is 17.9 Å². The fourth-order valence-electron chi connectivity index (χ4n) is 3.70. The smallest absolute Gasteiger partial charge is 0.280 e. The summed E-state index contributed by atoms with van der Waals surface area (Å²) in [6.07, 6.45) is 0.811. The summed E-state index contributed by atoms with van der Waals surface area (Å²) in [5.41, 5.74) is 1.39. The first-order valence-electron chi connectivity index (χ1n) is 10.7. The second-order valence-electron chi connectivity index (χ2n) is 9.72. The summed E-state index contributed by atoms with van der Waals surface area (Å²) >= 11 is 0.